The van der Waals surface area contributed by atoms with Crippen LogP contribution in [0.3, 0.4) is 0 Å². The molecule has 1 fully saturated rings. The number of halogens is 1. The smallest absolute Gasteiger partial charge is 0.335 e. The zero-order valence-electron chi connectivity index (χ0n) is 17.3. The molecule has 0 aliphatic carbocycles. The lowest BCUT2D eigenvalue weighted by atomic mass is 10.1. The van der Waals surface area contributed by atoms with E-state index >= 15 is 0 Å². The lowest BCUT2D eigenvalue weighted by molar-refractivity contribution is 0.0697. The normalized spacial score (nSPS) is 14.0. The first-order valence-corrected chi connectivity index (χ1v) is 10.2. The highest BCUT2D eigenvalue weighted by Gasteiger charge is 2.22. The number of benzene rings is 2. The number of carbonyl (C=O) groups is 1. The summed E-state index contributed by atoms with van der Waals surface area (Å²) >= 11 is 0. The summed E-state index contributed by atoms with van der Waals surface area (Å²) in [4.78, 5) is 22.3. The number of ether oxygens (including phenoxy) is 1. The van der Waals surface area contributed by atoms with Gasteiger partial charge in [0.25, 0.3) is 0 Å². The largest absolute Gasteiger partial charge is 0.508 e. The van der Waals surface area contributed by atoms with Crippen LogP contribution in [-0.4, -0.2) is 67.4 Å². The molecule has 0 spiro atoms. The number of aromatic carboxylic acids is 1. The third-order valence-corrected chi connectivity index (χ3v) is 5.33. The third kappa shape index (κ3) is 4.17. The lowest BCUT2D eigenvalue weighted by Gasteiger charge is -2.28. The first-order chi connectivity index (χ1) is 16.0. The van der Waals surface area contributed by atoms with Gasteiger partial charge in [0.2, 0.25) is 0 Å². The van der Waals surface area contributed by atoms with E-state index in [2.05, 4.69) is 20.3 Å². The molecular formula is C22H19FN6O4. The van der Waals surface area contributed by atoms with Gasteiger partial charge in [0.1, 0.15) is 11.6 Å². The Morgan fingerprint density at radius 3 is 2.55 bits per heavy atom. The fourth-order valence-electron chi connectivity index (χ4n) is 3.70. The molecular weight excluding hydrogens is 431 g/mol. The highest BCUT2D eigenvalue weighted by atomic mass is 19.1. The summed E-state index contributed by atoms with van der Waals surface area (Å²) in [5.74, 6) is -1.06. The summed E-state index contributed by atoms with van der Waals surface area (Å²) in [5, 5.41) is 27.5. The summed E-state index contributed by atoms with van der Waals surface area (Å²) in [6, 6.07) is 10.1. The monoisotopic (exact) mass is 450 g/mol. The molecule has 0 bridgehead atoms. The maximum absolute atomic E-state index is 14.0. The van der Waals surface area contributed by atoms with E-state index in [1.165, 1.54) is 24.3 Å². The molecule has 1 aliphatic rings. The molecule has 3 heterocycles. The molecule has 11 heteroatoms. The number of hydrogen-bond donors (Lipinski definition) is 2. The van der Waals surface area contributed by atoms with Gasteiger partial charge < -0.3 is 19.8 Å². The van der Waals surface area contributed by atoms with E-state index in [9.17, 15) is 14.3 Å². The number of rotatable bonds is 5. The van der Waals surface area contributed by atoms with Crippen molar-refractivity contribution in [3.8, 4) is 17.1 Å². The van der Waals surface area contributed by atoms with Crippen LogP contribution in [0, 0.1) is 5.82 Å². The Bertz CT molecular complexity index is 1310. The second-order valence-corrected chi connectivity index (χ2v) is 7.59. The zero-order valence-corrected chi connectivity index (χ0v) is 17.3. The van der Waals surface area contributed by atoms with Gasteiger partial charge in [-0.2, -0.15) is 0 Å². The van der Waals surface area contributed by atoms with Gasteiger partial charge in [-0.25, -0.2) is 23.8 Å². The molecule has 5 rings (SSSR count). The number of phenols is 1. The van der Waals surface area contributed by atoms with E-state index in [1.54, 1.807) is 16.8 Å². The van der Waals surface area contributed by atoms with Gasteiger partial charge in [-0.3, -0.25) is 0 Å². The van der Waals surface area contributed by atoms with Crippen molar-refractivity contribution in [3.05, 3.63) is 59.4 Å². The van der Waals surface area contributed by atoms with Crippen molar-refractivity contribution in [2.75, 3.05) is 31.2 Å². The quantitative estimate of drug-likeness (QED) is 0.471. The molecule has 10 nitrogen and oxygen atoms in total. The van der Waals surface area contributed by atoms with Gasteiger partial charge in [-0.15, -0.1) is 5.10 Å². The average molecular weight is 450 g/mol. The van der Waals surface area contributed by atoms with E-state index < -0.39 is 11.8 Å². The molecule has 0 amide bonds. The van der Waals surface area contributed by atoms with E-state index in [0.29, 0.717) is 55.4 Å². The third-order valence-electron chi connectivity index (χ3n) is 5.33. The molecule has 0 atom stereocenters. The van der Waals surface area contributed by atoms with Crippen LogP contribution < -0.4 is 4.90 Å². The summed E-state index contributed by atoms with van der Waals surface area (Å²) in [5.41, 5.74) is 2.24. The minimum atomic E-state index is -1.00. The highest BCUT2D eigenvalue weighted by Crippen LogP contribution is 2.29. The summed E-state index contributed by atoms with van der Waals surface area (Å²) < 4.78 is 21.0. The number of aromatic nitrogens is 5. The van der Waals surface area contributed by atoms with Crippen LogP contribution in [0.25, 0.3) is 22.6 Å². The Hall–Kier alpha value is -4.12. The summed E-state index contributed by atoms with van der Waals surface area (Å²) in [6.45, 7) is 2.56. The molecule has 2 N–H and O–H groups in total. The molecule has 0 unspecified atom stereocenters. The average Bonchev–Trinajstić information content (AvgIpc) is 3.21. The van der Waals surface area contributed by atoms with Crippen molar-refractivity contribution in [1.29, 1.82) is 0 Å². The molecule has 2 aromatic carbocycles. The standard InChI is InChI=1S/C22H19FN6O4/c23-16-9-15(10-17(30)11-16)19-24-20(28-5-7-33-8-6-28)18-21(25-19)29(27-26-18)12-13-1-3-14(4-2-13)22(31)32/h1-4,9-11,30H,5-8,12H2,(H,31,32). The van der Waals surface area contributed by atoms with Crippen molar-refractivity contribution in [3.63, 3.8) is 0 Å². The van der Waals surface area contributed by atoms with Crippen LogP contribution in [0.15, 0.2) is 42.5 Å². The number of fused-ring (bicyclic) bond motifs is 1. The Morgan fingerprint density at radius 2 is 1.85 bits per heavy atom. The predicted molar refractivity (Wildman–Crippen MR) is 116 cm³/mol. The molecule has 1 aliphatic heterocycles. The first kappa shape index (κ1) is 20.8. The minimum Gasteiger partial charge on any atom is -0.508 e. The van der Waals surface area contributed by atoms with Crippen LogP contribution in [0.5, 0.6) is 5.75 Å². The zero-order chi connectivity index (χ0) is 22.9. The van der Waals surface area contributed by atoms with Crippen molar-refractivity contribution in [2.45, 2.75) is 6.54 Å². The fraction of sp³-hybridized carbons (Fsp3) is 0.227. The number of phenolic OH excluding ortho intramolecular Hbond substituents is 1. The lowest BCUT2D eigenvalue weighted by Crippen LogP contribution is -2.37. The number of hydrogen-bond acceptors (Lipinski definition) is 8. The van der Waals surface area contributed by atoms with Gasteiger partial charge in [0.05, 0.1) is 25.3 Å². The Balaban J connectivity index is 1.61. The Kier molecular flexibility index (Phi) is 5.31. The molecule has 33 heavy (non-hydrogen) atoms. The van der Waals surface area contributed by atoms with Crippen LogP contribution >= 0.6 is 0 Å². The number of nitrogens with zero attached hydrogens (tertiary/aromatic N) is 6. The first-order valence-electron chi connectivity index (χ1n) is 10.2. The fourth-order valence-corrected chi connectivity index (χ4v) is 3.70. The van der Waals surface area contributed by atoms with Crippen molar-refractivity contribution >= 4 is 23.0 Å². The van der Waals surface area contributed by atoms with Crippen molar-refractivity contribution in [1.82, 2.24) is 25.0 Å². The Labute approximate surface area is 186 Å². The van der Waals surface area contributed by atoms with Gasteiger partial charge in [-0.05, 0) is 29.8 Å². The van der Waals surface area contributed by atoms with Gasteiger partial charge in [0.15, 0.2) is 22.8 Å². The number of aromatic hydroxyl groups is 1. The topological polar surface area (TPSA) is 126 Å². The van der Waals surface area contributed by atoms with Gasteiger partial charge >= 0.3 is 5.97 Å². The SMILES string of the molecule is O=C(O)c1ccc(Cn2nnc3c(N4CCOCC4)nc(-c4cc(O)cc(F)c4)nc32)cc1. The van der Waals surface area contributed by atoms with E-state index in [1.807, 2.05) is 4.90 Å². The van der Waals surface area contributed by atoms with E-state index in [4.69, 9.17) is 9.84 Å². The van der Waals surface area contributed by atoms with Crippen molar-refractivity contribution in [2.24, 2.45) is 0 Å². The molecule has 168 valence electrons. The van der Waals surface area contributed by atoms with Crippen LogP contribution in [0.4, 0.5) is 10.2 Å². The van der Waals surface area contributed by atoms with Gasteiger partial charge in [0, 0.05) is 24.7 Å². The maximum atomic E-state index is 14.0. The maximum Gasteiger partial charge on any atom is 0.335 e. The molecule has 4 aromatic rings. The molecule has 0 saturated carbocycles. The highest BCUT2D eigenvalue weighted by molar-refractivity contribution is 5.87. The van der Waals surface area contributed by atoms with Crippen LogP contribution in [0.2, 0.25) is 0 Å². The van der Waals surface area contributed by atoms with Crippen LogP contribution in [-0.2, 0) is 11.3 Å². The number of carboxylic acid groups (broad SMARTS) is 1. The Morgan fingerprint density at radius 1 is 1.09 bits per heavy atom. The summed E-state index contributed by atoms with van der Waals surface area (Å²) in [6.07, 6.45) is 0. The molecule has 2 aromatic heterocycles. The van der Waals surface area contributed by atoms with Gasteiger partial charge in [-0.1, -0.05) is 17.3 Å². The number of morpholine rings is 1. The van der Waals surface area contributed by atoms with Crippen LogP contribution in [0.1, 0.15) is 15.9 Å². The molecule has 1 saturated heterocycles. The van der Waals surface area contributed by atoms with E-state index in [-0.39, 0.29) is 17.1 Å². The number of carboxylic acids is 1. The van der Waals surface area contributed by atoms with Crippen molar-refractivity contribution < 1.29 is 24.1 Å². The molecule has 0 radical (unpaired) electrons. The van der Waals surface area contributed by atoms with E-state index in [0.717, 1.165) is 11.6 Å². The second-order valence-electron chi connectivity index (χ2n) is 7.59. The second kappa shape index (κ2) is 8.43. The summed E-state index contributed by atoms with van der Waals surface area (Å²) in [7, 11) is 0. The predicted octanol–water partition coefficient (Wildman–Crippen LogP) is 2.32. The number of anilines is 1. The minimum absolute atomic E-state index is 0.187.